The highest BCUT2D eigenvalue weighted by atomic mass is 79.9. The first-order valence-electron chi connectivity index (χ1n) is 9.13. The topological polar surface area (TPSA) is 83.8 Å². The fourth-order valence-electron chi connectivity index (χ4n) is 3.25. The van der Waals surface area contributed by atoms with Crippen LogP contribution in [0.25, 0.3) is 21.5 Å². The zero-order valence-corrected chi connectivity index (χ0v) is 18.0. The number of pyridine rings is 1. The van der Waals surface area contributed by atoms with Crippen LogP contribution in [0.2, 0.25) is 0 Å². The van der Waals surface area contributed by atoms with Gasteiger partial charge in [0.05, 0.1) is 9.75 Å². The summed E-state index contributed by atoms with van der Waals surface area (Å²) in [4.78, 5) is 21.5. The summed E-state index contributed by atoms with van der Waals surface area (Å²) < 4.78 is 28.7. The highest BCUT2D eigenvalue weighted by molar-refractivity contribution is 9.10. The van der Waals surface area contributed by atoms with Gasteiger partial charge < -0.3 is 16.0 Å². The van der Waals surface area contributed by atoms with E-state index in [0.29, 0.717) is 4.88 Å². The number of fused-ring (bicyclic) bond motifs is 1. The van der Waals surface area contributed by atoms with E-state index in [9.17, 15) is 13.6 Å². The highest BCUT2D eigenvalue weighted by Crippen LogP contribution is 2.39. The lowest BCUT2D eigenvalue weighted by atomic mass is 10.0. The van der Waals surface area contributed by atoms with E-state index in [1.807, 2.05) is 18.3 Å². The van der Waals surface area contributed by atoms with Crippen molar-refractivity contribution < 1.29 is 13.6 Å². The lowest BCUT2D eigenvalue weighted by molar-refractivity contribution is 0.0941. The molecule has 1 aromatic carbocycles. The van der Waals surface area contributed by atoms with Crippen LogP contribution in [0.15, 0.2) is 53.3 Å². The van der Waals surface area contributed by atoms with E-state index in [1.165, 1.54) is 29.5 Å². The van der Waals surface area contributed by atoms with E-state index >= 15 is 0 Å². The monoisotopic (exact) mass is 490 g/mol. The van der Waals surface area contributed by atoms with Gasteiger partial charge in [0, 0.05) is 46.0 Å². The van der Waals surface area contributed by atoms with E-state index in [4.69, 9.17) is 5.73 Å². The van der Waals surface area contributed by atoms with Gasteiger partial charge in [-0.1, -0.05) is 6.07 Å². The van der Waals surface area contributed by atoms with Crippen molar-refractivity contribution in [3.8, 4) is 10.4 Å². The normalized spacial score (nSPS) is 12.3. The second-order valence-corrected chi connectivity index (χ2v) is 8.60. The van der Waals surface area contributed by atoms with Crippen molar-refractivity contribution in [2.24, 2.45) is 5.73 Å². The van der Waals surface area contributed by atoms with Gasteiger partial charge in [0.1, 0.15) is 17.3 Å². The van der Waals surface area contributed by atoms with Crippen molar-refractivity contribution in [1.82, 2.24) is 15.3 Å². The number of carbonyl (C=O) groups is 1. The fourth-order valence-corrected chi connectivity index (χ4v) is 5.08. The quantitative estimate of drug-likeness (QED) is 0.368. The number of carbonyl (C=O) groups excluding carboxylic acids is 1. The molecule has 30 heavy (non-hydrogen) atoms. The maximum absolute atomic E-state index is 13.9. The smallest absolute Gasteiger partial charge is 0.261 e. The average Bonchev–Trinajstić information content (AvgIpc) is 3.36. The van der Waals surface area contributed by atoms with Crippen molar-refractivity contribution in [1.29, 1.82) is 0 Å². The van der Waals surface area contributed by atoms with E-state index < -0.39 is 17.7 Å². The average molecular weight is 491 g/mol. The maximum atomic E-state index is 13.9. The molecule has 0 spiro atoms. The van der Waals surface area contributed by atoms with Crippen LogP contribution in [0.4, 0.5) is 8.78 Å². The van der Waals surface area contributed by atoms with Crippen LogP contribution in [0, 0.1) is 11.6 Å². The summed E-state index contributed by atoms with van der Waals surface area (Å²) in [6.45, 7) is 0.0489. The predicted octanol–water partition coefficient (Wildman–Crippen LogP) is 4.63. The maximum Gasteiger partial charge on any atom is 0.261 e. The molecule has 0 saturated heterocycles. The first kappa shape index (κ1) is 20.6. The van der Waals surface area contributed by atoms with Crippen molar-refractivity contribution in [2.45, 2.75) is 12.5 Å². The van der Waals surface area contributed by atoms with Crippen LogP contribution in [0.1, 0.15) is 15.2 Å². The molecule has 0 fully saturated rings. The van der Waals surface area contributed by atoms with E-state index in [0.717, 1.165) is 25.9 Å². The molecule has 0 bridgehead atoms. The van der Waals surface area contributed by atoms with Crippen LogP contribution in [0.3, 0.4) is 0 Å². The van der Waals surface area contributed by atoms with Gasteiger partial charge in [0.25, 0.3) is 5.91 Å². The number of aromatic nitrogens is 2. The first-order chi connectivity index (χ1) is 14.5. The lowest BCUT2D eigenvalue weighted by Crippen LogP contribution is -2.41. The minimum atomic E-state index is -0.656. The Hall–Kier alpha value is -2.62. The van der Waals surface area contributed by atoms with Crippen LogP contribution >= 0.6 is 27.3 Å². The summed E-state index contributed by atoms with van der Waals surface area (Å²) >= 11 is 4.84. The second-order valence-electron chi connectivity index (χ2n) is 6.70. The lowest BCUT2D eigenvalue weighted by Gasteiger charge is -2.17. The highest BCUT2D eigenvalue weighted by Gasteiger charge is 2.21. The van der Waals surface area contributed by atoms with Gasteiger partial charge in [-0.05, 0) is 52.7 Å². The number of H-pyrrole nitrogens is 1. The largest absolute Gasteiger partial charge is 0.347 e. The standard InChI is InChI=1S/C21H17BrF2N4OS/c22-15-9-18(30-19(15)12-4-6-26-20-13(12)5-7-27-20)21(29)28-11(10-25)8-14-16(23)2-1-3-17(14)24/h1-7,9,11H,8,10,25H2,(H,26,27)(H,28,29). The molecule has 5 nitrogen and oxygen atoms in total. The van der Waals surface area contributed by atoms with Gasteiger partial charge in [-0.25, -0.2) is 13.8 Å². The van der Waals surface area contributed by atoms with Crippen molar-refractivity contribution >= 4 is 44.2 Å². The van der Waals surface area contributed by atoms with Crippen LogP contribution in [-0.2, 0) is 6.42 Å². The molecule has 4 rings (SSSR count). The van der Waals surface area contributed by atoms with Crippen molar-refractivity contribution in [3.63, 3.8) is 0 Å². The predicted molar refractivity (Wildman–Crippen MR) is 117 cm³/mol. The number of benzene rings is 1. The molecule has 154 valence electrons. The van der Waals surface area contributed by atoms with Crippen LogP contribution < -0.4 is 11.1 Å². The summed E-state index contributed by atoms with van der Waals surface area (Å²) in [5, 5.41) is 3.73. The molecule has 1 amide bonds. The van der Waals surface area contributed by atoms with E-state index in [2.05, 4.69) is 31.2 Å². The van der Waals surface area contributed by atoms with Crippen molar-refractivity contribution in [2.75, 3.05) is 6.54 Å². The molecule has 4 N–H and O–H groups in total. The van der Waals surface area contributed by atoms with Gasteiger partial charge in [0.2, 0.25) is 0 Å². The third-order valence-electron chi connectivity index (χ3n) is 4.75. The number of halogens is 3. The Morgan fingerprint density at radius 2 is 2.03 bits per heavy atom. The molecule has 9 heteroatoms. The van der Waals surface area contributed by atoms with Crippen LogP contribution in [0.5, 0.6) is 0 Å². The first-order valence-corrected chi connectivity index (χ1v) is 10.7. The number of amides is 1. The Balaban J connectivity index is 1.57. The number of nitrogens with one attached hydrogen (secondary N) is 2. The molecule has 3 aromatic heterocycles. The number of nitrogens with zero attached hydrogens (tertiary/aromatic N) is 1. The van der Waals surface area contributed by atoms with E-state index in [1.54, 1.807) is 12.3 Å². The summed E-state index contributed by atoms with van der Waals surface area (Å²) in [5.41, 5.74) is 7.36. The number of rotatable bonds is 6. The minimum absolute atomic E-state index is 0.0333. The molecular formula is C21H17BrF2N4OS. The third-order valence-corrected chi connectivity index (χ3v) is 6.80. The van der Waals surface area contributed by atoms with Gasteiger partial charge in [0.15, 0.2) is 0 Å². The SMILES string of the molecule is NCC(Cc1c(F)cccc1F)NC(=O)c1cc(Br)c(-c2ccnc3[nH]ccc23)s1. The Morgan fingerprint density at radius 1 is 1.27 bits per heavy atom. The molecule has 3 heterocycles. The zero-order valence-electron chi connectivity index (χ0n) is 15.6. The number of aromatic amines is 1. The zero-order chi connectivity index (χ0) is 21.3. The molecule has 0 aliphatic carbocycles. The molecule has 1 atom stereocenters. The van der Waals surface area contributed by atoms with Gasteiger partial charge in [-0.3, -0.25) is 4.79 Å². The Kier molecular flexibility index (Phi) is 5.94. The molecule has 0 saturated carbocycles. The fraction of sp³-hybridized carbons (Fsp3) is 0.143. The summed E-state index contributed by atoms with van der Waals surface area (Å²) in [5.74, 6) is -1.66. The molecule has 0 radical (unpaired) electrons. The minimum Gasteiger partial charge on any atom is -0.347 e. The van der Waals surface area contributed by atoms with E-state index in [-0.39, 0.29) is 24.4 Å². The second kappa shape index (κ2) is 8.63. The van der Waals surface area contributed by atoms with Crippen LogP contribution in [-0.4, -0.2) is 28.5 Å². The third kappa shape index (κ3) is 4.00. The Morgan fingerprint density at radius 3 is 2.77 bits per heavy atom. The Bertz CT molecular complexity index is 1200. The number of thiophene rings is 1. The molecule has 1 unspecified atom stereocenters. The molecule has 4 aromatic rings. The Labute approximate surface area is 183 Å². The van der Waals surface area contributed by atoms with Crippen molar-refractivity contribution in [3.05, 3.63) is 75.3 Å². The number of hydrogen-bond donors (Lipinski definition) is 3. The molecular weight excluding hydrogens is 474 g/mol. The summed E-state index contributed by atoms with van der Waals surface area (Å²) in [7, 11) is 0. The van der Waals surface area contributed by atoms with Gasteiger partial charge >= 0.3 is 0 Å². The summed E-state index contributed by atoms with van der Waals surface area (Å²) in [6.07, 6.45) is 3.48. The van der Waals surface area contributed by atoms with Gasteiger partial charge in [-0.15, -0.1) is 11.3 Å². The number of nitrogens with two attached hydrogens (primary N) is 1. The number of hydrogen-bond acceptors (Lipinski definition) is 4. The van der Waals surface area contributed by atoms with Gasteiger partial charge in [-0.2, -0.15) is 0 Å². The molecule has 0 aliphatic rings. The summed E-state index contributed by atoms with van der Waals surface area (Å²) in [6, 6.07) is 8.61. The molecule has 0 aliphatic heterocycles.